The van der Waals surface area contributed by atoms with Crippen LogP contribution in [0.1, 0.15) is 29.8 Å². The van der Waals surface area contributed by atoms with Crippen molar-refractivity contribution in [2.75, 3.05) is 26.7 Å². The van der Waals surface area contributed by atoms with Crippen LogP contribution >= 0.6 is 0 Å². The summed E-state index contributed by atoms with van der Waals surface area (Å²) < 4.78 is 29.4. The summed E-state index contributed by atoms with van der Waals surface area (Å²) in [6, 6.07) is 7.50. The van der Waals surface area contributed by atoms with Crippen LogP contribution in [-0.2, 0) is 10.2 Å². The number of carbonyl (C=O) groups is 1. The molecule has 3 rings (SSSR count). The number of aromatic amines is 1. The first-order chi connectivity index (χ1) is 12.4. The van der Waals surface area contributed by atoms with E-state index >= 15 is 0 Å². The molecular formula is C17H24N4O4S. The number of nitrogens with one attached hydrogen (secondary N) is 2. The summed E-state index contributed by atoms with van der Waals surface area (Å²) in [7, 11) is -2.02. The lowest BCUT2D eigenvalue weighted by Gasteiger charge is -2.31. The molecule has 1 aromatic carbocycles. The molecule has 0 spiro atoms. The first-order valence-corrected chi connectivity index (χ1v) is 10.1. The molecule has 9 heteroatoms. The lowest BCUT2D eigenvalue weighted by Crippen LogP contribution is -2.39. The SMILES string of the molecule is COc1cccc2[nH]c(C(=O)N3CCC(CCNS(N)(=O)=O)CC3)cc12. The molecule has 1 saturated heterocycles. The van der Waals surface area contributed by atoms with Crippen molar-refractivity contribution in [2.45, 2.75) is 19.3 Å². The van der Waals surface area contributed by atoms with Gasteiger partial charge in [0.05, 0.1) is 7.11 Å². The van der Waals surface area contributed by atoms with Crippen LogP contribution < -0.4 is 14.6 Å². The number of ether oxygens (including phenoxy) is 1. The molecule has 1 fully saturated rings. The molecule has 1 aromatic heterocycles. The number of aromatic nitrogens is 1. The molecule has 2 heterocycles. The topological polar surface area (TPSA) is 118 Å². The summed E-state index contributed by atoms with van der Waals surface area (Å²) in [6.07, 6.45) is 2.42. The third kappa shape index (κ3) is 4.35. The van der Waals surface area contributed by atoms with Crippen LogP contribution in [0.5, 0.6) is 5.75 Å². The zero-order chi connectivity index (χ0) is 18.7. The third-order valence-corrected chi connectivity index (χ3v) is 5.44. The van der Waals surface area contributed by atoms with Gasteiger partial charge in [0.2, 0.25) is 0 Å². The molecule has 1 aliphatic rings. The molecule has 0 saturated carbocycles. The highest BCUT2D eigenvalue weighted by atomic mass is 32.2. The van der Waals surface area contributed by atoms with E-state index in [0.29, 0.717) is 31.2 Å². The zero-order valence-corrected chi connectivity index (χ0v) is 15.5. The number of H-pyrrole nitrogens is 1. The molecule has 142 valence electrons. The van der Waals surface area contributed by atoms with Gasteiger partial charge in [0.1, 0.15) is 11.4 Å². The number of benzene rings is 1. The Kier molecular flexibility index (Phi) is 5.49. The minimum Gasteiger partial charge on any atom is -0.496 e. The van der Waals surface area contributed by atoms with Crippen LogP contribution in [0.2, 0.25) is 0 Å². The standard InChI is InChI=1S/C17H24N4O4S/c1-25-16-4-2-3-14-13(16)11-15(20-14)17(22)21-9-6-12(7-10-21)5-8-19-26(18,23)24/h2-4,11-12,19-20H,5-10H2,1H3,(H2,18,23,24). The second kappa shape index (κ2) is 7.65. The largest absolute Gasteiger partial charge is 0.496 e. The molecule has 0 atom stereocenters. The molecule has 0 aliphatic carbocycles. The number of likely N-dealkylation sites (tertiary alicyclic amines) is 1. The van der Waals surface area contributed by atoms with Gasteiger partial charge < -0.3 is 14.6 Å². The number of fused-ring (bicyclic) bond motifs is 1. The second-order valence-corrected chi connectivity index (χ2v) is 7.95. The smallest absolute Gasteiger partial charge is 0.274 e. The van der Waals surface area contributed by atoms with Crippen LogP contribution in [0.4, 0.5) is 0 Å². The van der Waals surface area contributed by atoms with Gasteiger partial charge in [-0.3, -0.25) is 4.79 Å². The highest BCUT2D eigenvalue weighted by Gasteiger charge is 2.25. The Morgan fingerprint density at radius 2 is 2.12 bits per heavy atom. The van der Waals surface area contributed by atoms with Crippen molar-refractivity contribution in [2.24, 2.45) is 11.1 Å². The predicted molar refractivity (Wildman–Crippen MR) is 99.2 cm³/mol. The van der Waals surface area contributed by atoms with Gasteiger partial charge in [0.25, 0.3) is 16.1 Å². The molecule has 8 nitrogen and oxygen atoms in total. The highest BCUT2D eigenvalue weighted by molar-refractivity contribution is 7.87. The van der Waals surface area contributed by atoms with Crippen molar-refractivity contribution in [1.82, 2.24) is 14.6 Å². The minimum atomic E-state index is -3.63. The first-order valence-electron chi connectivity index (χ1n) is 8.60. The Bertz CT molecular complexity index is 885. The van der Waals surface area contributed by atoms with Crippen molar-refractivity contribution in [3.63, 3.8) is 0 Å². The van der Waals surface area contributed by atoms with E-state index in [1.54, 1.807) is 7.11 Å². The fourth-order valence-corrected chi connectivity index (χ4v) is 3.82. The van der Waals surface area contributed by atoms with Gasteiger partial charge in [-0.25, -0.2) is 9.86 Å². The Hall–Kier alpha value is -2.10. The summed E-state index contributed by atoms with van der Waals surface area (Å²) in [5, 5.41) is 5.82. The molecule has 1 aliphatic heterocycles. The summed E-state index contributed by atoms with van der Waals surface area (Å²) in [5.74, 6) is 1.10. The lowest BCUT2D eigenvalue weighted by atomic mass is 9.93. The number of amides is 1. The van der Waals surface area contributed by atoms with E-state index < -0.39 is 10.2 Å². The van der Waals surface area contributed by atoms with Crippen molar-refractivity contribution >= 4 is 27.0 Å². The van der Waals surface area contributed by atoms with Crippen LogP contribution in [0, 0.1) is 5.92 Å². The van der Waals surface area contributed by atoms with E-state index in [-0.39, 0.29) is 5.91 Å². The number of hydrogen-bond acceptors (Lipinski definition) is 4. The van der Waals surface area contributed by atoms with E-state index in [9.17, 15) is 13.2 Å². The number of rotatable bonds is 6. The molecule has 0 unspecified atom stereocenters. The Morgan fingerprint density at radius 3 is 2.77 bits per heavy atom. The normalized spacial score (nSPS) is 16.2. The van der Waals surface area contributed by atoms with Gasteiger partial charge in [0, 0.05) is 30.5 Å². The maximum absolute atomic E-state index is 12.8. The first kappa shape index (κ1) is 18.7. The fraction of sp³-hybridized carbons (Fsp3) is 0.471. The molecule has 0 radical (unpaired) electrons. The van der Waals surface area contributed by atoms with Gasteiger partial charge in [-0.05, 0) is 43.4 Å². The van der Waals surface area contributed by atoms with Crippen LogP contribution in [-0.4, -0.2) is 51.0 Å². The predicted octanol–water partition coefficient (Wildman–Crippen LogP) is 1.21. The van der Waals surface area contributed by atoms with E-state index in [4.69, 9.17) is 9.88 Å². The average Bonchev–Trinajstić information content (AvgIpc) is 3.05. The lowest BCUT2D eigenvalue weighted by molar-refractivity contribution is 0.0682. The maximum Gasteiger partial charge on any atom is 0.274 e. The fourth-order valence-electron chi connectivity index (χ4n) is 3.42. The van der Waals surface area contributed by atoms with E-state index in [2.05, 4.69) is 9.71 Å². The van der Waals surface area contributed by atoms with Gasteiger partial charge >= 0.3 is 0 Å². The van der Waals surface area contributed by atoms with Crippen molar-refractivity contribution in [3.05, 3.63) is 30.0 Å². The van der Waals surface area contributed by atoms with Gasteiger partial charge in [-0.15, -0.1) is 0 Å². The van der Waals surface area contributed by atoms with Gasteiger partial charge in [-0.1, -0.05) is 6.07 Å². The van der Waals surface area contributed by atoms with Gasteiger partial charge in [0.15, 0.2) is 0 Å². The van der Waals surface area contributed by atoms with Crippen LogP contribution in [0.25, 0.3) is 10.9 Å². The van der Waals surface area contributed by atoms with Crippen molar-refractivity contribution in [1.29, 1.82) is 0 Å². The molecule has 0 bridgehead atoms. The summed E-state index contributed by atoms with van der Waals surface area (Å²) in [5.41, 5.74) is 1.43. The molecule has 1 amide bonds. The van der Waals surface area contributed by atoms with Crippen LogP contribution in [0.3, 0.4) is 0 Å². The Balaban J connectivity index is 1.58. The summed E-state index contributed by atoms with van der Waals surface area (Å²) in [4.78, 5) is 17.8. The molecule has 4 N–H and O–H groups in total. The summed E-state index contributed by atoms with van der Waals surface area (Å²) in [6.45, 7) is 1.65. The molecular weight excluding hydrogens is 356 g/mol. The van der Waals surface area contributed by atoms with Crippen molar-refractivity contribution in [3.8, 4) is 5.75 Å². The second-order valence-electron chi connectivity index (χ2n) is 6.57. The number of nitrogens with zero attached hydrogens (tertiary/aromatic N) is 1. The monoisotopic (exact) mass is 380 g/mol. The van der Waals surface area contributed by atoms with E-state index in [1.165, 1.54) is 0 Å². The number of hydrogen-bond donors (Lipinski definition) is 3. The minimum absolute atomic E-state index is 0.0237. The number of methoxy groups -OCH3 is 1. The quantitative estimate of drug-likeness (QED) is 0.698. The van der Waals surface area contributed by atoms with Crippen LogP contribution in [0.15, 0.2) is 24.3 Å². The molecule has 26 heavy (non-hydrogen) atoms. The van der Waals surface area contributed by atoms with Crippen molar-refractivity contribution < 1.29 is 17.9 Å². The maximum atomic E-state index is 12.8. The highest BCUT2D eigenvalue weighted by Crippen LogP contribution is 2.27. The average molecular weight is 380 g/mol. The number of nitrogens with two attached hydrogens (primary N) is 1. The Morgan fingerprint density at radius 1 is 1.38 bits per heavy atom. The third-order valence-electron chi connectivity index (χ3n) is 4.83. The zero-order valence-electron chi connectivity index (χ0n) is 14.7. The number of piperidine rings is 1. The molecule has 2 aromatic rings. The number of carbonyl (C=O) groups excluding carboxylic acids is 1. The van der Waals surface area contributed by atoms with E-state index in [0.717, 1.165) is 35.9 Å². The van der Waals surface area contributed by atoms with Gasteiger partial charge in [-0.2, -0.15) is 8.42 Å². The summed E-state index contributed by atoms with van der Waals surface area (Å²) >= 11 is 0. The van der Waals surface area contributed by atoms with E-state index in [1.807, 2.05) is 29.2 Å². The Labute approximate surface area is 152 Å².